The van der Waals surface area contributed by atoms with Crippen molar-refractivity contribution in [1.29, 1.82) is 0 Å². The Labute approximate surface area is 181 Å². The first-order valence-electron chi connectivity index (χ1n) is 9.84. The predicted molar refractivity (Wildman–Crippen MR) is 119 cm³/mol. The third-order valence-electron chi connectivity index (χ3n) is 4.82. The zero-order chi connectivity index (χ0) is 21.4. The highest BCUT2D eigenvalue weighted by molar-refractivity contribution is 9.10. The molecule has 0 aliphatic rings. The number of halogens is 1. The summed E-state index contributed by atoms with van der Waals surface area (Å²) in [5, 5.41) is 2.96. The molecule has 0 aliphatic carbocycles. The van der Waals surface area contributed by atoms with Crippen LogP contribution in [0.2, 0.25) is 0 Å². The van der Waals surface area contributed by atoms with Crippen molar-refractivity contribution in [3.8, 4) is 5.75 Å². The van der Waals surface area contributed by atoms with E-state index in [0.29, 0.717) is 12.3 Å². The van der Waals surface area contributed by atoms with E-state index in [1.807, 2.05) is 69.3 Å². The maximum absolute atomic E-state index is 13.0. The number of carbonyl (C=O) groups excluding carboxylic acids is 2. The van der Waals surface area contributed by atoms with Gasteiger partial charge in [0, 0.05) is 17.1 Å². The molecule has 0 spiro atoms. The van der Waals surface area contributed by atoms with Crippen molar-refractivity contribution in [3.05, 3.63) is 64.1 Å². The number of hydrogen-bond donors (Lipinski definition) is 1. The molecule has 156 valence electrons. The zero-order valence-corrected chi connectivity index (χ0v) is 19.0. The molecular formula is C23H29BrN2O3. The molecule has 0 heterocycles. The topological polar surface area (TPSA) is 58.6 Å². The first-order valence-corrected chi connectivity index (χ1v) is 10.6. The van der Waals surface area contributed by atoms with Gasteiger partial charge in [-0.2, -0.15) is 0 Å². The number of benzene rings is 2. The maximum atomic E-state index is 13.0. The second-order valence-electron chi connectivity index (χ2n) is 7.24. The molecule has 2 aromatic rings. The Morgan fingerprint density at radius 1 is 1.07 bits per heavy atom. The predicted octanol–water partition coefficient (Wildman–Crippen LogP) is 4.47. The molecule has 0 aromatic heterocycles. The summed E-state index contributed by atoms with van der Waals surface area (Å²) in [6.45, 7) is 7.91. The molecule has 29 heavy (non-hydrogen) atoms. The summed E-state index contributed by atoms with van der Waals surface area (Å²) in [7, 11) is 0. The average Bonchev–Trinajstić information content (AvgIpc) is 2.72. The van der Waals surface area contributed by atoms with Crippen molar-refractivity contribution in [2.75, 3.05) is 6.61 Å². The second kappa shape index (κ2) is 11.0. The highest BCUT2D eigenvalue weighted by Crippen LogP contribution is 2.16. The Balaban J connectivity index is 2.13. The Kier molecular flexibility index (Phi) is 8.70. The van der Waals surface area contributed by atoms with E-state index >= 15 is 0 Å². The van der Waals surface area contributed by atoms with Crippen molar-refractivity contribution in [3.63, 3.8) is 0 Å². The highest BCUT2D eigenvalue weighted by Gasteiger charge is 2.27. The summed E-state index contributed by atoms with van der Waals surface area (Å²) >= 11 is 3.42. The molecule has 2 rings (SSSR count). The van der Waals surface area contributed by atoms with Gasteiger partial charge in [-0.1, -0.05) is 52.7 Å². The number of nitrogens with one attached hydrogen (secondary N) is 1. The molecule has 2 amide bonds. The lowest BCUT2D eigenvalue weighted by Gasteiger charge is -2.29. The van der Waals surface area contributed by atoms with Crippen molar-refractivity contribution in [1.82, 2.24) is 10.2 Å². The molecule has 2 atom stereocenters. The Morgan fingerprint density at radius 2 is 1.69 bits per heavy atom. The highest BCUT2D eigenvalue weighted by atomic mass is 79.9. The van der Waals surface area contributed by atoms with Crippen LogP contribution in [-0.4, -0.2) is 35.4 Å². The van der Waals surface area contributed by atoms with E-state index in [9.17, 15) is 9.59 Å². The van der Waals surface area contributed by atoms with Crippen LogP contribution in [0.5, 0.6) is 5.75 Å². The number of ether oxygens (including phenoxy) is 1. The molecular weight excluding hydrogens is 432 g/mol. The third-order valence-corrected chi connectivity index (χ3v) is 5.35. The monoisotopic (exact) mass is 460 g/mol. The lowest BCUT2D eigenvalue weighted by atomic mass is 10.1. The van der Waals surface area contributed by atoms with Gasteiger partial charge in [0.2, 0.25) is 5.91 Å². The fraction of sp³-hybridized carbons (Fsp3) is 0.391. The van der Waals surface area contributed by atoms with E-state index in [1.165, 1.54) is 0 Å². The van der Waals surface area contributed by atoms with Crippen LogP contribution < -0.4 is 10.1 Å². The molecule has 0 bridgehead atoms. The van der Waals surface area contributed by atoms with Gasteiger partial charge < -0.3 is 15.0 Å². The quantitative estimate of drug-likeness (QED) is 0.600. The lowest BCUT2D eigenvalue weighted by Crippen LogP contribution is -2.50. The average molecular weight is 461 g/mol. The molecule has 2 aromatic carbocycles. The standard InChI is InChI=1S/C23H29BrN2O3/c1-5-17(3)25-23(28)18(4)26(14-19-8-10-20(24)11-9-19)22(27)15-29-21-12-6-16(2)7-13-21/h6-13,17-18H,5,14-15H2,1-4H3,(H,25,28)/t17-,18+/m1/s1. The van der Waals surface area contributed by atoms with Gasteiger partial charge >= 0.3 is 0 Å². The number of amides is 2. The molecule has 0 unspecified atom stereocenters. The minimum Gasteiger partial charge on any atom is -0.484 e. The molecule has 0 radical (unpaired) electrons. The van der Waals surface area contributed by atoms with Crippen LogP contribution in [0.1, 0.15) is 38.3 Å². The smallest absolute Gasteiger partial charge is 0.261 e. The van der Waals surface area contributed by atoms with Crippen LogP contribution in [0.15, 0.2) is 53.0 Å². The van der Waals surface area contributed by atoms with Crippen molar-refractivity contribution < 1.29 is 14.3 Å². The van der Waals surface area contributed by atoms with Gasteiger partial charge in [0.25, 0.3) is 5.91 Å². The minimum atomic E-state index is -0.609. The van der Waals surface area contributed by atoms with Crippen LogP contribution in [0.3, 0.4) is 0 Å². The van der Waals surface area contributed by atoms with Crippen molar-refractivity contribution >= 4 is 27.7 Å². The molecule has 6 heteroatoms. The van der Waals surface area contributed by atoms with Gasteiger partial charge in [0.15, 0.2) is 6.61 Å². The Bertz CT molecular complexity index is 806. The fourth-order valence-corrected chi connectivity index (χ4v) is 2.96. The largest absolute Gasteiger partial charge is 0.484 e. The number of aryl methyl sites for hydroxylation is 1. The van der Waals surface area contributed by atoms with Crippen LogP contribution in [0.4, 0.5) is 0 Å². The van der Waals surface area contributed by atoms with Crippen LogP contribution >= 0.6 is 15.9 Å². The first kappa shape index (κ1) is 22.9. The summed E-state index contributed by atoms with van der Waals surface area (Å²) in [6, 6.07) is 14.7. The molecule has 5 nitrogen and oxygen atoms in total. The first-order chi connectivity index (χ1) is 13.8. The normalized spacial score (nSPS) is 12.7. The van der Waals surface area contributed by atoms with Crippen LogP contribution in [0, 0.1) is 6.92 Å². The van der Waals surface area contributed by atoms with Crippen molar-refractivity contribution in [2.45, 2.75) is 52.7 Å². The number of nitrogens with zero attached hydrogens (tertiary/aromatic N) is 1. The van der Waals surface area contributed by atoms with E-state index in [1.54, 1.807) is 11.8 Å². The zero-order valence-electron chi connectivity index (χ0n) is 17.4. The van der Waals surface area contributed by atoms with E-state index in [2.05, 4.69) is 21.2 Å². The summed E-state index contributed by atoms with van der Waals surface area (Å²) in [4.78, 5) is 27.2. The van der Waals surface area contributed by atoms with Crippen molar-refractivity contribution in [2.24, 2.45) is 0 Å². The second-order valence-corrected chi connectivity index (χ2v) is 8.16. The summed E-state index contributed by atoms with van der Waals surface area (Å²) in [5.74, 6) is 0.227. The van der Waals surface area contributed by atoms with E-state index in [4.69, 9.17) is 4.74 Å². The van der Waals surface area contributed by atoms with E-state index in [-0.39, 0.29) is 24.5 Å². The SMILES string of the molecule is CC[C@@H](C)NC(=O)[C@H](C)N(Cc1ccc(Br)cc1)C(=O)COc1ccc(C)cc1. The number of carbonyl (C=O) groups is 2. The lowest BCUT2D eigenvalue weighted by molar-refractivity contribution is -0.142. The minimum absolute atomic E-state index is 0.0541. The van der Waals surface area contributed by atoms with Gasteiger partial charge in [-0.3, -0.25) is 9.59 Å². The van der Waals surface area contributed by atoms with Gasteiger partial charge in [-0.25, -0.2) is 0 Å². The van der Waals surface area contributed by atoms with Gasteiger partial charge in [0.1, 0.15) is 11.8 Å². The fourth-order valence-electron chi connectivity index (χ4n) is 2.70. The van der Waals surface area contributed by atoms with Gasteiger partial charge in [-0.15, -0.1) is 0 Å². The summed E-state index contributed by atoms with van der Waals surface area (Å²) in [6.07, 6.45) is 0.829. The number of rotatable bonds is 9. The van der Waals surface area contributed by atoms with E-state index in [0.717, 1.165) is 22.0 Å². The third kappa shape index (κ3) is 7.20. The molecule has 1 N–H and O–H groups in total. The molecule has 0 aliphatic heterocycles. The maximum Gasteiger partial charge on any atom is 0.261 e. The van der Waals surface area contributed by atoms with Crippen LogP contribution in [0.25, 0.3) is 0 Å². The van der Waals surface area contributed by atoms with E-state index < -0.39 is 6.04 Å². The molecule has 0 fully saturated rings. The molecule has 0 saturated carbocycles. The molecule has 0 saturated heterocycles. The Hall–Kier alpha value is -2.34. The number of hydrogen-bond acceptors (Lipinski definition) is 3. The van der Waals surface area contributed by atoms with Gasteiger partial charge in [-0.05, 0) is 57.0 Å². The Morgan fingerprint density at radius 3 is 2.28 bits per heavy atom. The summed E-state index contributed by atoms with van der Waals surface area (Å²) < 4.78 is 6.62. The van der Waals surface area contributed by atoms with Gasteiger partial charge in [0.05, 0.1) is 0 Å². The summed E-state index contributed by atoms with van der Waals surface area (Å²) in [5.41, 5.74) is 2.07. The van der Waals surface area contributed by atoms with Crippen LogP contribution in [-0.2, 0) is 16.1 Å².